The maximum Gasteiger partial charge on any atom is 0.272 e. The molecule has 0 bridgehead atoms. The van der Waals surface area contributed by atoms with Gasteiger partial charge in [-0.1, -0.05) is 0 Å². The van der Waals surface area contributed by atoms with Gasteiger partial charge in [-0.25, -0.2) is 9.37 Å². The molecule has 0 fully saturated rings. The molecule has 4 rings (SSSR count). The molecule has 0 saturated heterocycles. The lowest BCUT2D eigenvalue weighted by atomic mass is 10.3. The normalized spacial score (nSPS) is 11.1. The predicted octanol–water partition coefficient (Wildman–Crippen LogP) is 4.84. The van der Waals surface area contributed by atoms with Gasteiger partial charge in [0.1, 0.15) is 11.6 Å². The standard InChI is InChI=1S/C18H13FN4O3S/c1-10-9-21-18(22(10)2)16-8-13-17(27-16)15(5-6-20-13)26-14-4-3-11(23(24)25)7-12(14)19/h3-9H,1-2H3. The molecule has 7 nitrogen and oxygen atoms in total. The summed E-state index contributed by atoms with van der Waals surface area (Å²) < 4.78 is 22.6. The summed E-state index contributed by atoms with van der Waals surface area (Å²) in [5.41, 5.74) is 1.40. The maximum atomic E-state index is 14.2. The number of benzene rings is 1. The Kier molecular flexibility index (Phi) is 4.08. The minimum absolute atomic E-state index is 0.0871. The molecule has 136 valence electrons. The molecule has 9 heteroatoms. The molecular weight excluding hydrogens is 371 g/mol. The number of halogens is 1. The van der Waals surface area contributed by atoms with Gasteiger partial charge in [0.05, 0.1) is 26.1 Å². The number of ether oxygens (including phenoxy) is 1. The van der Waals surface area contributed by atoms with Crippen molar-refractivity contribution >= 4 is 27.2 Å². The van der Waals surface area contributed by atoms with Crippen LogP contribution in [-0.2, 0) is 7.05 Å². The number of non-ortho nitro benzene ring substituents is 1. The summed E-state index contributed by atoms with van der Waals surface area (Å²) >= 11 is 1.44. The van der Waals surface area contributed by atoms with Crippen LogP contribution in [0.25, 0.3) is 20.9 Å². The Morgan fingerprint density at radius 2 is 2.04 bits per heavy atom. The molecule has 0 atom stereocenters. The van der Waals surface area contributed by atoms with Crippen LogP contribution < -0.4 is 4.74 Å². The number of imidazole rings is 1. The van der Waals surface area contributed by atoms with Crippen LogP contribution in [0.2, 0.25) is 0 Å². The highest BCUT2D eigenvalue weighted by Crippen LogP contribution is 2.39. The third-order valence-corrected chi connectivity index (χ3v) is 5.30. The van der Waals surface area contributed by atoms with Crippen molar-refractivity contribution in [3.05, 3.63) is 64.4 Å². The van der Waals surface area contributed by atoms with Crippen molar-refractivity contribution in [2.45, 2.75) is 6.92 Å². The Bertz CT molecular complexity index is 1180. The number of fused-ring (bicyclic) bond motifs is 1. The molecular formula is C18H13FN4O3S. The summed E-state index contributed by atoms with van der Waals surface area (Å²) in [7, 11) is 1.93. The summed E-state index contributed by atoms with van der Waals surface area (Å²) in [5, 5.41) is 10.7. The van der Waals surface area contributed by atoms with Crippen LogP contribution in [0.5, 0.6) is 11.5 Å². The van der Waals surface area contributed by atoms with Crippen molar-refractivity contribution in [1.82, 2.24) is 14.5 Å². The van der Waals surface area contributed by atoms with E-state index in [-0.39, 0.29) is 11.4 Å². The van der Waals surface area contributed by atoms with E-state index >= 15 is 0 Å². The lowest BCUT2D eigenvalue weighted by Gasteiger charge is -2.07. The highest BCUT2D eigenvalue weighted by atomic mass is 32.1. The average molecular weight is 384 g/mol. The summed E-state index contributed by atoms with van der Waals surface area (Å²) in [5.74, 6) is 0.347. The highest BCUT2D eigenvalue weighted by molar-refractivity contribution is 7.22. The number of pyridine rings is 1. The molecule has 1 aromatic carbocycles. The average Bonchev–Trinajstić information content (AvgIpc) is 3.21. The number of hydrogen-bond acceptors (Lipinski definition) is 6. The zero-order valence-corrected chi connectivity index (χ0v) is 15.2. The molecule has 0 aliphatic carbocycles. The van der Waals surface area contributed by atoms with E-state index in [0.29, 0.717) is 11.3 Å². The van der Waals surface area contributed by atoms with Crippen LogP contribution in [0.1, 0.15) is 5.69 Å². The molecule has 0 amide bonds. The first-order valence-electron chi connectivity index (χ1n) is 7.93. The number of rotatable bonds is 4. The molecule has 0 aliphatic rings. The second-order valence-electron chi connectivity index (χ2n) is 5.89. The first-order chi connectivity index (χ1) is 12.9. The first kappa shape index (κ1) is 17.1. The first-order valence-corrected chi connectivity index (χ1v) is 8.74. The smallest absolute Gasteiger partial charge is 0.272 e. The Hall–Kier alpha value is -3.33. The van der Waals surface area contributed by atoms with E-state index in [0.717, 1.165) is 27.2 Å². The Morgan fingerprint density at radius 3 is 2.70 bits per heavy atom. The largest absolute Gasteiger partial charge is 0.453 e. The van der Waals surface area contributed by atoms with Crippen molar-refractivity contribution in [1.29, 1.82) is 0 Å². The molecule has 0 N–H and O–H groups in total. The number of nitro benzene ring substituents is 1. The van der Waals surface area contributed by atoms with Gasteiger partial charge in [-0.3, -0.25) is 15.1 Å². The van der Waals surface area contributed by atoms with Crippen LogP contribution in [0.15, 0.2) is 42.7 Å². The quantitative estimate of drug-likeness (QED) is 0.371. The van der Waals surface area contributed by atoms with E-state index < -0.39 is 10.7 Å². The predicted molar refractivity (Wildman–Crippen MR) is 99.7 cm³/mol. The van der Waals surface area contributed by atoms with Gasteiger partial charge in [-0.2, -0.15) is 0 Å². The van der Waals surface area contributed by atoms with Crippen molar-refractivity contribution < 1.29 is 14.1 Å². The van der Waals surface area contributed by atoms with Gasteiger partial charge < -0.3 is 9.30 Å². The summed E-state index contributed by atoms with van der Waals surface area (Å²) in [6.07, 6.45) is 3.36. The molecule has 3 aromatic heterocycles. The number of aryl methyl sites for hydroxylation is 1. The van der Waals surface area contributed by atoms with E-state index in [2.05, 4.69) is 9.97 Å². The van der Waals surface area contributed by atoms with Crippen LogP contribution in [0.3, 0.4) is 0 Å². The molecule has 0 aliphatic heterocycles. The van der Waals surface area contributed by atoms with Gasteiger partial charge in [0, 0.05) is 37.3 Å². The molecule has 0 unspecified atom stereocenters. The van der Waals surface area contributed by atoms with Crippen molar-refractivity contribution in [3.8, 4) is 22.2 Å². The fourth-order valence-electron chi connectivity index (χ4n) is 2.63. The second-order valence-corrected chi connectivity index (χ2v) is 6.94. The number of nitrogens with zero attached hydrogens (tertiary/aromatic N) is 4. The minimum Gasteiger partial charge on any atom is -0.453 e. The van der Waals surface area contributed by atoms with E-state index in [1.54, 1.807) is 18.5 Å². The van der Waals surface area contributed by atoms with Gasteiger partial charge in [0.25, 0.3) is 5.69 Å². The van der Waals surface area contributed by atoms with Gasteiger partial charge in [0.2, 0.25) is 0 Å². The van der Waals surface area contributed by atoms with E-state index in [1.165, 1.54) is 23.5 Å². The van der Waals surface area contributed by atoms with Crippen LogP contribution in [-0.4, -0.2) is 19.5 Å². The Morgan fingerprint density at radius 1 is 1.22 bits per heavy atom. The van der Waals surface area contributed by atoms with E-state index in [9.17, 15) is 14.5 Å². The van der Waals surface area contributed by atoms with Crippen molar-refractivity contribution in [2.75, 3.05) is 0 Å². The Labute approximate surface area is 156 Å². The number of thiophene rings is 1. The fourth-order valence-corrected chi connectivity index (χ4v) is 3.73. The third-order valence-electron chi connectivity index (χ3n) is 4.16. The van der Waals surface area contributed by atoms with E-state index in [4.69, 9.17) is 4.74 Å². The SMILES string of the molecule is Cc1cnc(-c2cc3nccc(Oc4ccc([N+](=O)[O-])cc4F)c3s2)n1C. The van der Waals surface area contributed by atoms with Gasteiger partial charge >= 0.3 is 0 Å². The molecule has 4 aromatic rings. The van der Waals surface area contributed by atoms with Crippen molar-refractivity contribution in [3.63, 3.8) is 0 Å². The minimum atomic E-state index is -0.800. The highest BCUT2D eigenvalue weighted by Gasteiger charge is 2.16. The van der Waals surface area contributed by atoms with Crippen LogP contribution in [0.4, 0.5) is 10.1 Å². The lowest BCUT2D eigenvalue weighted by Crippen LogP contribution is -1.92. The summed E-state index contributed by atoms with van der Waals surface area (Å²) in [4.78, 5) is 19.8. The molecule has 3 heterocycles. The molecule has 0 radical (unpaired) electrons. The fraction of sp³-hybridized carbons (Fsp3) is 0.111. The number of hydrogen-bond donors (Lipinski definition) is 0. The van der Waals surface area contributed by atoms with Crippen molar-refractivity contribution in [2.24, 2.45) is 7.05 Å². The zero-order chi connectivity index (χ0) is 19.1. The molecule has 27 heavy (non-hydrogen) atoms. The summed E-state index contributed by atoms with van der Waals surface area (Å²) in [6, 6.07) is 6.82. The zero-order valence-electron chi connectivity index (χ0n) is 14.3. The maximum absolute atomic E-state index is 14.2. The third kappa shape index (κ3) is 3.02. The van der Waals surface area contributed by atoms with Crippen LogP contribution in [0, 0.1) is 22.9 Å². The van der Waals surface area contributed by atoms with Gasteiger partial charge in [0.15, 0.2) is 11.6 Å². The molecule has 0 saturated carbocycles. The van der Waals surface area contributed by atoms with Gasteiger partial charge in [-0.05, 0) is 19.1 Å². The second kappa shape index (κ2) is 6.44. The van der Waals surface area contributed by atoms with Gasteiger partial charge in [-0.15, -0.1) is 11.3 Å². The van der Waals surface area contributed by atoms with E-state index in [1.807, 2.05) is 24.6 Å². The summed E-state index contributed by atoms with van der Waals surface area (Å²) in [6.45, 7) is 1.97. The number of aromatic nitrogens is 3. The lowest BCUT2D eigenvalue weighted by molar-refractivity contribution is -0.385. The monoisotopic (exact) mass is 384 g/mol. The Balaban J connectivity index is 1.75. The topological polar surface area (TPSA) is 83.1 Å². The van der Waals surface area contributed by atoms with Crippen LogP contribution >= 0.6 is 11.3 Å². The molecule has 0 spiro atoms. The number of nitro groups is 1.